The summed E-state index contributed by atoms with van der Waals surface area (Å²) in [5.74, 6) is -2.08. The van der Waals surface area contributed by atoms with Gasteiger partial charge in [0.05, 0.1) is 44.3 Å². The molecule has 0 aliphatic carbocycles. The van der Waals surface area contributed by atoms with Crippen molar-refractivity contribution in [1.29, 1.82) is 0 Å². The van der Waals surface area contributed by atoms with Crippen LogP contribution in [0.5, 0.6) is 11.5 Å². The first-order valence-electron chi connectivity index (χ1n) is 12.2. The van der Waals surface area contributed by atoms with Gasteiger partial charge in [0.25, 0.3) is 5.56 Å². The molecule has 4 N–H and O–H groups in total. The van der Waals surface area contributed by atoms with Gasteiger partial charge >= 0.3 is 17.9 Å². The van der Waals surface area contributed by atoms with Gasteiger partial charge in [-0.25, -0.2) is 19.4 Å². The molecule has 1 heterocycles. The van der Waals surface area contributed by atoms with E-state index in [-0.39, 0.29) is 11.6 Å². The summed E-state index contributed by atoms with van der Waals surface area (Å²) in [6, 6.07) is 20.4. The number of nitrogens with one attached hydrogen (secondary N) is 2. The summed E-state index contributed by atoms with van der Waals surface area (Å²) in [6.07, 6.45) is 0.709. The van der Waals surface area contributed by atoms with Gasteiger partial charge in [-0.2, -0.15) is 0 Å². The van der Waals surface area contributed by atoms with Crippen molar-refractivity contribution in [2.45, 2.75) is 19.0 Å². The number of aromatic amines is 1. The van der Waals surface area contributed by atoms with Crippen molar-refractivity contribution in [1.82, 2.24) is 15.3 Å². The van der Waals surface area contributed by atoms with E-state index >= 15 is 0 Å². The fraction of sp³-hybridized carbons (Fsp3) is 0.207. The Morgan fingerprint density at radius 3 is 2.00 bits per heavy atom. The number of aromatic nitrogens is 2. The summed E-state index contributed by atoms with van der Waals surface area (Å²) in [5.41, 5.74) is 2.70. The number of fused-ring (bicyclic) bond motifs is 1. The van der Waals surface area contributed by atoms with Crippen LogP contribution in [-0.2, 0) is 27.3 Å². The highest BCUT2D eigenvalue weighted by Crippen LogP contribution is 2.23. The largest absolute Gasteiger partial charge is 0.497 e. The third-order valence-corrected chi connectivity index (χ3v) is 5.99. The maximum absolute atomic E-state index is 12.6. The van der Waals surface area contributed by atoms with Gasteiger partial charge in [-0.15, -0.1) is 0 Å². The molecule has 12 nitrogen and oxygen atoms in total. The molecule has 0 amide bonds. The number of nitrogens with zero attached hydrogens (tertiary/aromatic N) is 1. The van der Waals surface area contributed by atoms with Gasteiger partial charge in [0.2, 0.25) is 0 Å². The first-order chi connectivity index (χ1) is 19.6. The number of carbonyl (C=O) groups excluding carboxylic acids is 1. The Balaban J connectivity index is 0.000000696. The topological polar surface area (TPSA) is 177 Å². The zero-order chi connectivity index (χ0) is 29.9. The number of benzene rings is 3. The molecule has 0 spiro atoms. The molecule has 41 heavy (non-hydrogen) atoms. The first-order valence-corrected chi connectivity index (χ1v) is 12.2. The molecule has 214 valence electrons. The highest BCUT2D eigenvalue weighted by molar-refractivity contribution is 6.27. The van der Waals surface area contributed by atoms with E-state index in [9.17, 15) is 9.59 Å². The van der Waals surface area contributed by atoms with Gasteiger partial charge in [0.15, 0.2) is 0 Å². The summed E-state index contributed by atoms with van der Waals surface area (Å²) >= 11 is 0. The van der Waals surface area contributed by atoms with E-state index in [1.165, 1.54) is 7.11 Å². The van der Waals surface area contributed by atoms with Crippen LogP contribution >= 0.6 is 0 Å². The van der Waals surface area contributed by atoms with Crippen LogP contribution < -0.4 is 20.3 Å². The Morgan fingerprint density at radius 2 is 1.46 bits per heavy atom. The molecule has 1 atom stereocenters. The standard InChI is InChI=1S/C27H27N3O5.C2H2O4/c1-33-20-9-4-17(5-10-20)14-23(18-6-11-21(34-2)12-7-18)28-16-25-29-24-15-19(27(32)35-3)8-13-22(24)26(31)30-25;3-1(4)2(5)6/h4-13,15,23,28H,14,16H2,1-3H3,(H,29,30,31);(H,3,4)(H,5,6). The third-order valence-electron chi connectivity index (χ3n) is 5.99. The summed E-state index contributed by atoms with van der Waals surface area (Å²) in [7, 11) is 4.59. The minimum Gasteiger partial charge on any atom is -0.497 e. The molecule has 12 heteroatoms. The minimum atomic E-state index is -1.82. The fourth-order valence-electron chi connectivity index (χ4n) is 3.88. The highest BCUT2D eigenvalue weighted by atomic mass is 16.5. The van der Waals surface area contributed by atoms with E-state index in [0.29, 0.717) is 35.3 Å². The second-order valence-corrected chi connectivity index (χ2v) is 8.61. The number of carboxylic acid groups (broad SMARTS) is 2. The molecule has 0 saturated heterocycles. The third kappa shape index (κ3) is 8.38. The summed E-state index contributed by atoms with van der Waals surface area (Å²) in [5, 5.41) is 18.7. The van der Waals surface area contributed by atoms with Crippen LogP contribution in [0.25, 0.3) is 10.9 Å². The molecule has 0 aliphatic heterocycles. The lowest BCUT2D eigenvalue weighted by molar-refractivity contribution is -0.159. The number of rotatable bonds is 9. The molecule has 0 saturated carbocycles. The van der Waals surface area contributed by atoms with E-state index in [0.717, 1.165) is 22.6 Å². The molecule has 3 aromatic carbocycles. The lowest BCUT2D eigenvalue weighted by Gasteiger charge is -2.20. The van der Waals surface area contributed by atoms with Crippen LogP contribution in [0.1, 0.15) is 33.4 Å². The van der Waals surface area contributed by atoms with Crippen molar-refractivity contribution in [2.75, 3.05) is 21.3 Å². The number of H-pyrrole nitrogens is 1. The molecule has 0 radical (unpaired) electrons. The monoisotopic (exact) mass is 563 g/mol. The number of esters is 1. The predicted molar refractivity (Wildman–Crippen MR) is 148 cm³/mol. The summed E-state index contributed by atoms with van der Waals surface area (Å²) < 4.78 is 15.3. The Kier molecular flexibility index (Phi) is 10.5. The smallest absolute Gasteiger partial charge is 0.414 e. The molecule has 0 bridgehead atoms. The maximum atomic E-state index is 12.6. The molecular formula is C29H29N3O9. The normalized spacial score (nSPS) is 11.1. The summed E-state index contributed by atoms with van der Waals surface area (Å²) in [6.45, 7) is 0.320. The van der Waals surface area contributed by atoms with E-state index in [2.05, 4.69) is 15.3 Å². The molecule has 4 rings (SSSR count). The lowest BCUT2D eigenvalue weighted by atomic mass is 9.98. The van der Waals surface area contributed by atoms with E-state index in [4.69, 9.17) is 34.0 Å². The summed E-state index contributed by atoms with van der Waals surface area (Å²) in [4.78, 5) is 50.1. The number of aliphatic carboxylic acids is 2. The van der Waals surface area contributed by atoms with E-state index in [1.807, 2.05) is 48.5 Å². The minimum absolute atomic E-state index is 0.0586. The van der Waals surface area contributed by atoms with Crippen molar-refractivity contribution < 1.29 is 38.8 Å². The molecular weight excluding hydrogens is 534 g/mol. The van der Waals surface area contributed by atoms with Gasteiger partial charge < -0.3 is 34.7 Å². The maximum Gasteiger partial charge on any atom is 0.414 e. The number of methoxy groups -OCH3 is 3. The highest BCUT2D eigenvalue weighted by Gasteiger charge is 2.15. The lowest BCUT2D eigenvalue weighted by Crippen LogP contribution is -2.25. The van der Waals surface area contributed by atoms with Crippen molar-refractivity contribution in [2.24, 2.45) is 0 Å². The molecule has 0 fully saturated rings. The van der Waals surface area contributed by atoms with Crippen LogP contribution in [0.3, 0.4) is 0 Å². The number of hydrogen-bond acceptors (Lipinski definition) is 9. The van der Waals surface area contributed by atoms with E-state index < -0.39 is 17.9 Å². The van der Waals surface area contributed by atoms with Crippen LogP contribution in [0.4, 0.5) is 0 Å². The first kappa shape index (κ1) is 30.3. The van der Waals surface area contributed by atoms with Crippen LogP contribution in [-0.4, -0.2) is 59.4 Å². The van der Waals surface area contributed by atoms with Gasteiger partial charge in [-0.1, -0.05) is 24.3 Å². The number of hydrogen-bond donors (Lipinski definition) is 4. The van der Waals surface area contributed by atoms with E-state index in [1.54, 1.807) is 32.4 Å². The molecule has 0 aliphatic rings. The van der Waals surface area contributed by atoms with Crippen molar-refractivity contribution in [3.63, 3.8) is 0 Å². The van der Waals surface area contributed by atoms with Crippen molar-refractivity contribution in [3.8, 4) is 11.5 Å². The second kappa shape index (κ2) is 14.2. The second-order valence-electron chi connectivity index (χ2n) is 8.61. The zero-order valence-electron chi connectivity index (χ0n) is 22.5. The van der Waals surface area contributed by atoms with Gasteiger partial charge in [-0.05, 0) is 60.0 Å². The quantitative estimate of drug-likeness (QED) is 0.174. The Bertz CT molecular complexity index is 1550. The van der Waals surface area contributed by atoms with Crippen molar-refractivity contribution >= 4 is 28.8 Å². The number of ether oxygens (including phenoxy) is 3. The number of carboxylic acids is 2. The Labute approximate surface area is 234 Å². The Morgan fingerprint density at radius 1 is 0.878 bits per heavy atom. The van der Waals surface area contributed by atoms with Crippen LogP contribution in [0.15, 0.2) is 71.5 Å². The van der Waals surface area contributed by atoms with Crippen molar-refractivity contribution in [3.05, 3.63) is 99.6 Å². The Hall–Kier alpha value is -5.23. The SMILES string of the molecule is COC(=O)c1ccc2c(=O)[nH]c(CNC(Cc3ccc(OC)cc3)c3ccc(OC)cc3)nc2c1.O=C(O)C(=O)O. The zero-order valence-corrected chi connectivity index (χ0v) is 22.5. The average molecular weight is 564 g/mol. The van der Waals surface area contributed by atoms with Crippen LogP contribution in [0.2, 0.25) is 0 Å². The molecule has 4 aromatic rings. The predicted octanol–water partition coefficient (Wildman–Crippen LogP) is 2.96. The molecule has 1 unspecified atom stereocenters. The van der Waals surface area contributed by atoms with Gasteiger partial charge in [0.1, 0.15) is 17.3 Å². The fourth-order valence-corrected chi connectivity index (χ4v) is 3.88. The molecule has 1 aromatic heterocycles. The average Bonchev–Trinajstić information content (AvgIpc) is 2.99. The van der Waals surface area contributed by atoms with Gasteiger partial charge in [-0.3, -0.25) is 4.79 Å². The van der Waals surface area contributed by atoms with Gasteiger partial charge in [0, 0.05) is 6.04 Å². The number of carbonyl (C=O) groups is 3. The van der Waals surface area contributed by atoms with Crippen LogP contribution in [0, 0.1) is 0 Å².